The quantitative estimate of drug-likeness (QED) is 0.188. The number of piperazine rings is 1. The van der Waals surface area contributed by atoms with Crippen LogP contribution >= 0.6 is 0 Å². The Balaban J connectivity index is 1.48. The molecule has 1 aliphatic rings. The van der Waals surface area contributed by atoms with E-state index in [1.807, 2.05) is 18.2 Å². The largest absolute Gasteiger partial charge is 0.494 e. The standard InChI is InChI=1S/C31H40F3N7O2/c1-36-30(42)23-9-5-6-10-25(23)38-27-20-29(37-21-24(27)31(32,33)34)39-26-12-11-22(19-28(26)43-2)41-17-15-40(16-18-41)14-8-4-3-7-13-35/h5-6,9-12,19-21H,3-4,7-8,13-18,35H2,1-2H3,(H,36,42)(H2,37,38,39). The Morgan fingerprint density at radius 1 is 0.953 bits per heavy atom. The highest BCUT2D eigenvalue weighted by molar-refractivity contribution is 6.00. The van der Waals surface area contributed by atoms with Crippen molar-refractivity contribution in [3.8, 4) is 5.75 Å². The molecule has 2 heterocycles. The van der Waals surface area contributed by atoms with Crippen molar-refractivity contribution in [1.82, 2.24) is 15.2 Å². The van der Waals surface area contributed by atoms with Gasteiger partial charge in [0.15, 0.2) is 0 Å². The first kappa shape index (κ1) is 31.9. The lowest BCUT2D eigenvalue weighted by atomic mass is 10.1. The molecule has 43 heavy (non-hydrogen) atoms. The Kier molecular flexibility index (Phi) is 11.1. The first-order chi connectivity index (χ1) is 20.7. The predicted molar refractivity (Wildman–Crippen MR) is 165 cm³/mol. The van der Waals surface area contributed by atoms with E-state index in [2.05, 4.69) is 30.7 Å². The van der Waals surface area contributed by atoms with E-state index >= 15 is 0 Å². The van der Waals surface area contributed by atoms with Gasteiger partial charge < -0.3 is 31.3 Å². The zero-order valence-corrected chi connectivity index (χ0v) is 24.6. The van der Waals surface area contributed by atoms with Crippen LogP contribution in [0.2, 0.25) is 0 Å². The summed E-state index contributed by atoms with van der Waals surface area (Å²) in [5.41, 5.74) is 6.40. The number of rotatable bonds is 13. The van der Waals surface area contributed by atoms with Gasteiger partial charge in [0, 0.05) is 57.2 Å². The van der Waals surface area contributed by atoms with Gasteiger partial charge in [0.2, 0.25) is 0 Å². The fourth-order valence-electron chi connectivity index (χ4n) is 5.10. The van der Waals surface area contributed by atoms with Gasteiger partial charge in [-0.3, -0.25) is 9.69 Å². The number of benzene rings is 2. The molecule has 9 nitrogen and oxygen atoms in total. The fourth-order valence-corrected chi connectivity index (χ4v) is 5.10. The van der Waals surface area contributed by atoms with Gasteiger partial charge >= 0.3 is 6.18 Å². The summed E-state index contributed by atoms with van der Waals surface area (Å²) >= 11 is 0. The molecule has 0 atom stereocenters. The summed E-state index contributed by atoms with van der Waals surface area (Å²) in [6.07, 6.45) is 0.764. The lowest BCUT2D eigenvalue weighted by molar-refractivity contribution is -0.137. The second kappa shape index (κ2) is 14.9. The van der Waals surface area contributed by atoms with E-state index in [4.69, 9.17) is 10.5 Å². The average molecular weight is 600 g/mol. The van der Waals surface area contributed by atoms with Crippen LogP contribution in [0.4, 0.5) is 41.7 Å². The van der Waals surface area contributed by atoms with E-state index in [9.17, 15) is 18.0 Å². The predicted octanol–water partition coefficient (Wildman–Crippen LogP) is 5.60. The molecule has 0 saturated carbocycles. The second-order valence-electron chi connectivity index (χ2n) is 10.4. The van der Waals surface area contributed by atoms with Crippen LogP contribution in [-0.2, 0) is 6.18 Å². The van der Waals surface area contributed by atoms with Crippen LogP contribution < -0.4 is 31.3 Å². The van der Waals surface area contributed by atoms with Crippen molar-refractivity contribution < 1.29 is 22.7 Å². The van der Waals surface area contributed by atoms with Crippen LogP contribution in [0, 0.1) is 0 Å². The van der Waals surface area contributed by atoms with Crippen molar-refractivity contribution in [2.75, 3.05) is 69.0 Å². The Bertz CT molecular complexity index is 1360. The minimum atomic E-state index is -4.66. The zero-order chi connectivity index (χ0) is 30.8. The number of amides is 1. The van der Waals surface area contributed by atoms with Crippen molar-refractivity contribution in [3.63, 3.8) is 0 Å². The molecule has 1 fully saturated rings. The van der Waals surface area contributed by atoms with Gasteiger partial charge in [-0.05, 0) is 50.2 Å². The SMILES string of the molecule is CNC(=O)c1ccccc1Nc1cc(Nc2ccc(N3CCN(CCCCCCN)CC3)cc2OC)ncc1C(F)(F)F. The van der Waals surface area contributed by atoms with Gasteiger partial charge in [-0.25, -0.2) is 4.98 Å². The topological polar surface area (TPSA) is 108 Å². The third kappa shape index (κ3) is 8.51. The molecule has 1 saturated heterocycles. The summed E-state index contributed by atoms with van der Waals surface area (Å²) < 4.78 is 47.3. The van der Waals surface area contributed by atoms with Gasteiger partial charge in [0.05, 0.1) is 35.3 Å². The highest BCUT2D eigenvalue weighted by Crippen LogP contribution is 2.39. The molecule has 0 aliphatic carbocycles. The lowest BCUT2D eigenvalue weighted by Gasteiger charge is -2.36. The van der Waals surface area contributed by atoms with E-state index < -0.39 is 17.6 Å². The van der Waals surface area contributed by atoms with E-state index in [0.29, 0.717) is 11.4 Å². The molecule has 1 aromatic heterocycles. The van der Waals surface area contributed by atoms with E-state index in [1.165, 1.54) is 38.4 Å². The Hall–Kier alpha value is -4.03. The van der Waals surface area contributed by atoms with Crippen LogP contribution in [0.5, 0.6) is 5.75 Å². The number of halogens is 3. The molecule has 0 unspecified atom stereocenters. The third-order valence-corrected chi connectivity index (χ3v) is 7.49. The minimum absolute atomic E-state index is 0.180. The maximum absolute atomic E-state index is 13.9. The van der Waals surface area contributed by atoms with E-state index in [-0.39, 0.29) is 22.8 Å². The van der Waals surface area contributed by atoms with Crippen molar-refractivity contribution in [1.29, 1.82) is 0 Å². The summed E-state index contributed by atoms with van der Waals surface area (Å²) in [7, 11) is 3.01. The summed E-state index contributed by atoms with van der Waals surface area (Å²) in [5, 5.41) is 8.39. The van der Waals surface area contributed by atoms with Crippen molar-refractivity contribution in [2.45, 2.75) is 31.9 Å². The Labute approximate surface area is 250 Å². The van der Waals surface area contributed by atoms with Crippen LogP contribution in [0.15, 0.2) is 54.7 Å². The fraction of sp³-hybridized carbons (Fsp3) is 0.419. The summed E-state index contributed by atoms with van der Waals surface area (Å²) in [6, 6.07) is 13.4. The van der Waals surface area contributed by atoms with Gasteiger partial charge in [0.25, 0.3) is 5.91 Å². The summed E-state index contributed by atoms with van der Waals surface area (Å²) in [4.78, 5) is 21.1. The number of nitrogens with zero attached hydrogens (tertiary/aromatic N) is 3. The van der Waals surface area contributed by atoms with Gasteiger partial charge in [0.1, 0.15) is 11.6 Å². The van der Waals surface area contributed by atoms with Crippen LogP contribution in [0.3, 0.4) is 0 Å². The first-order valence-corrected chi connectivity index (χ1v) is 14.5. The lowest BCUT2D eigenvalue weighted by Crippen LogP contribution is -2.46. The number of hydrogen-bond acceptors (Lipinski definition) is 8. The minimum Gasteiger partial charge on any atom is -0.494 e. The number of pyridine rings is 1. The molecular weight excluding hydrogens is 559 g/mol. The molecule has 1 aliphatic heterocycles. The van der Waals surface area contributed by atoms with Crippen LogP contribution in [0.1, 0.15) is 41.6 Å². The number of hydrogen-bond donors (Lipinski definition) is 4. The Morgan fingerprint density at radius 3 is 2.40 bits per heavy atom. The zero-order valence-electron chi connectivity index (χ0n) is 24.6. The number of methoxy groups -OCH3 is 1. The maximum atomic E-state index is 13.9. The molecule has 232 valence electrons. The molecule has 2 aromatic carbocycles. The number of carbonyl (C=O) groups excluding carboxylic acids is 1. The number of anilines is 5. The third-order valence-electron chi connectivity index (χ3n) is 7.49. The molecule has 4 rings (SSSR count). The number of para-hydroxylation sites is 1. The molecule has 5 N–H and O–H groups in total. The smallest absolute Gasteiger partial charge is 0.419 e. The highest BCUT2D eigenvalue weighted by Gasteiger charge is 2.34. The van der Waals surface area contributed by atoms with E-state index in [1.54, 1.807) is 25.3 Å². The monoisotopic (exact) mass is 599 g/mol. The van der Waals surface area contributed by atoms with Gasteiger partial charge in [-0.1, -0.05) is 25.0 Å². The maximum Gasteiger partial charge on any atom is 0.419 e. The number of nitrogens with one attached hydrogen (secondary N) is 3. The molecule has 3 aromatic rings. The number of nitrogens with two attached hydrogens (primary N) is 1. The summed E-state index contributed by atoms with van der Waals surface area (Å²) in [6.45, 7) is 5.60. The molecular formula is C31H40F3N7O2. The first-order valence-electron chi connectivity index (χ1n) is 14.5. The molecule has 1 amide bonds. The summed E-state index contributed by atoms with van der Waals surface area (Å²) in [5.74, 6) is 0.300. The molecule has 0 spiro atoms. The Morgan fingerprint density at radius 2 is 1.70 bits per heavy atom. The number of alkyl halides is 3. The van der Waals surface area contributed by atoms with Gasteiger partial charge in [-0.2, -0.15) is 13.2 Å². The van der Waals surface area contributed by atoms with Gasteiger partial charge in [-0.15, -0.1) is 0 Å². The van der Waals surface area contributed by atoms with Crippen LogP contribution in [0.25, 0.3) is 0 Å². The number of aromatic nitrogens is 1. The van der Waals surface area contributed by atoms with Crippen molar-refractivity contribution in [2.24, 2.45) is 5.73 Å². The molecule has 0 radical (unpaired) electrons. The molecule has 12 heteroatoms. The number of ether oxygens (including phenoxy) is 1. The average Bonchev–Trinajstić information content (AvgIpc) is 3.01. The van der Waals surface area contributed by atoms with E-state index in [0.717, 1.165) is 57.6 Å². The van der Waals surface area contributed by atoms with Crippen molar-refractivity contribution >= 4 is 34.5 Å². The normalized spacial score (nSPS) is 14.0. The molecule has 0 bridgehead atoms. The second-order valence-corrected chi connectivity index (χ2v) is 10.4. The van der Waals surface area contributed by atoms with Crippen LogP contribution in [-0.4, -0.2) is 69.2 Å². The van der Waals surface area contributed by atoms with Crippen molar-refractivity contribution in [3.05, 3.63) is 65.9 Å². The number of carbonyl (C=O) groups is 1. The number of unbranched alkanes of at least 4 members (excludes halogenated alkanes) is 3. The highest BCUT2D eigenvalue weighted by atomic mass is 19.4.